The fourth-order valence-electron chi connectivity index (χ4n) is 2.18. The molecule has 5 heteroatoms. The molecule has 2 aromatic rings. The van der Waals surface area contributed by atoms with E-state index in [0.717, 1.165) is 35.3 Å². The number of halogens is 1. The molecule has 0 saturated carbocycles. The molecule has 0 amide bonds. The first-order valence-corrected chi connectivity index (χ1v) is 6.06. The average Bonchev–Trinajstić information content (AvgIpc) is 2.74. The Hall–Kier alpha value is -1.39. The Morgan fingerprint density at radius 2 is 2.29 bits per heavy atom. The van der Waals surface area contributed by atoms with Gasteiger partial charge in [0.05, 0.1) is 6.04 Å². The number of hydrogen-bond donors (Lipinski definition) is 1. The van der Waals surface area contributed by atoms with Crippen LogP contribution >= 0.6 is 11.6 Å². The summed E-state index contributed by atoms with van der Waals surface area (Å²) in [7, 11) is 0. The van der Waals surface area contributed by atoms with Crippen molar-refractivity contribution in [3.05, 3.63) is 35.1 Å². The number of aromatic nitrogens is 3. The first kappa shape index (κ1) is 10.7. The fourth-order valence-corrected chi connectivity index (χ4v) is 2.37. The molecule has 0 radical (unpaired) electrons. The van der Waals surface area contributed by atoms with Crippen molar-refractivity contribution >= 4 is 11.6 Å². The number of nitrogens with zero attached hydrogens (tertiary/aromatic N) is 3. The van der Waals surface area contributed by atoms with Gasteiger partial charge in [-0.3, -0.25) is 0 Å². The van der Waals surface area contributed by atoms with Crippen LogP contribution < -0.4 is 5.32 Å². The molecule has 3 rings (SSSR count). The number of fused-ring (bicyclic) bond motifs is 1. The minimum Gasteiger partial charge on any atom is -0.308 e. The summed E-state index contributed by atoms with van der Waals surface area (Å²) in [5.41, 5.74) is 1.02. The van der Waals surface area contributed by atoms with E-state index in [1.807, 2.05) is 24.3 Å². The molecule has 1 aliphatic rings. The lowest BCUT2D eigenvalue weighted by Crippen LogP contribution is -2.32. The molecular formula is C12H13ClN4. The van der Waals surface area contributed by atoms with Crippen LogP contribution in [-0.2, 0) is 6.54 Å². The van der Waals surface area contributed by atoms with Gasteiger partial charge >= 0.3 is 0 Å². The van der Waals surface area contributed by atoms with Gasteiger partial charge in [0.2, 0.25) is 0 Å². The first-order valence-electron chi connectivity index (χ1n) is 5.68. The highest BCUT2D eigenvalue weighted by atomic mass is 35.5. The molecule has 0 spiro atoms. The standard InChI is InChI=1S/C12H13ClN4/c1-8-11-15-16-12(17(11)6-5-14-8)9-3-2-4-10(13)7-9/h2-4,7-8,14H,5-6H2,1H3/t8-/m1/s1. The molecule has 0 unspecified atom stereocenters. The molecule has 0 fully saturated rings. The molecule has 0 aliphatic carbocycles. The zero-order chi connectivity index (χ0) is 11.8. The SMILES string of the molecule is C[C@H]1NCCn2c(-c3cccc(Cl)c3)nnc21. The van der Waals surface area contributed by atoms with Crippen molar-refractivity contribution in [3.8, 4) is 11.4 Å². The van der Waals surface area contributed by atoms with Crippen molar-refractivity contribution in [2.75, 3.05) is 6.54 Å². The monoisotopic (exact) mass is 248 g/mol. The Morgan fingerprint density at radius 1 is 1.41 bits per heavy atom. The van der Waals surface area contributed by atoms with Crippen molar-refractivity contribution in [1.29, 1.82) is 0 Å². The van der Waals surface area contributed by atoms with E-state index in [0.29, 0.717) is 0 Å². The van der Waals surface area contributed by atoms with Crippen molar-refractivity contribution < 1.29 is 0 Å². The van der Waals surface area contributed by atoms with Crippen LogP contribution in [0.25, 0.3) is 11.4 Å². The highest BCUT2D eigenvalue weighted by Crippen LogP contribution is 2.25. The number of nitrogens with one attached hydrogen (secondary N) is 1. The van der Waals surface area contributed by atoms with Crippen molar-refractivity contribution in [2.45, 2.75) is 19.5 Å². The van der Waals surface area contributed by atoms with E-state index in [4.69, 9.17) is 11.6 Å². The summed E-state index contributed by atoms with van der Waals surface area (Å²) in [5, 5.41) is 12.6. The molecule has 88 valence electrons. The van der Waals surface area contributed by atoms with E-state index >= 15 is 0 Å². The van der Waals surface area contributed by atoms with Crippen LogP contribution in [0.5, 0.6) is 0 Å². The number of hydrogen-bond acceptors (Lipinski definition) is 3. The predicted molar refractivity (Wildman–Crippen MR) is 66.9 cm³/mol. The Kier molecular flexibility index (Phi) is 2.61. The van der Waals surface area contributed by atoms with Crippen molar-refractivity contribution in [1.82, 2.24) is 20.1 Å². The van der Waals surface area contributed by atoms with Crippen LogP contribution in [0.4, 0.5) is 0 Å². The van der Waals surface area contributed by atoms with E-state index in [9.17, 15) is 0 Å². The second-order valence-corrected chi connectivity index (χ2v) is 4.66. The smallest absolute Gasteiger partial charge is 0.164 e. The summed E-state index contributed by atoms with van der Waals surface area (Å²) in [6, 6.07) is 7.98. The molecule has 4 nitrogen and oxygen atoms in total. The van der Waals surface area contributed by atoms with E-state index in [2.05, 4.69) is 27.0 Å². The minimum atomic E-state index is 0.254. The summed E-state index contributed by atoms with van der Waals surface area (Å²) in [4.78, 5) is 0. The molecule has 1 aromatic carbocycles. The van der Waals surface area contributed by atoms with Gasteiger partial charge in [0.15, 0.2) is 5.82 Å². The third-order valence-corrected chi connectivity index (χ3v) is 3.27. The zero-order valence-electron chi connectivity index (χ0n) is 9.52. The Morgan fingerprint density at radius 3 is 3.12 bits per heavy atom. The maximum atomic E-state index is 6.00. The predicted octanol–water partition coefficient (Wildman–Crippen LogP) is 2.26. The molecule has 1 N–H and O–H groups in total. The van der Waals surface area contributed by atoms with Gasteiger partial charge in [-0.2, -0.15) is 0 Å². The van der Waals surface area contributed by atoms with Gasteiger partial charge in [0, 0.05) is 23.7 Å². The van der Waals surface area contributed by atoms with Crippen molar-refractivity contribution in [2.24, 2.45) is 0 Å². The van der Waals surface area contributed by atoms with Crippen LogP contribution in [-0.4, -0.2) is 21.3 Å². The highest BCUT2D eigenvalue weighted by molar-refractivity contribution is 6.30. The van der Waals surface area contributed by atoms with Gasteiger partial charge in [-0.15, -0.1) is 10.2 Å². The van der Waals surface area contributed by atoms with E-state index in [1.54, 1.807) is 0 Å². The van der Waals surface area contributed by atoms with Gasteiger partial charge in [0.25, 0.3) is 0 Å². The van der Waals surface area contributed by atoms with Gasteiger partial charge in [-0.05, 0) is 19.1 Å². The average molecular weight is 249 g/mol. The molecule has 0 bridgehead atoms. The Bertz CT molecular complexity index is 549. The molecule has 1 aliphatic heterocycles. The lowest BCUT2D eigenvalue weighted by molar-refractivity contribution is 0.439. The second-order valence-electron chi connectivity index (χ2n) is 4.22. The molecule has 1 atom stereocenters. The third kappa shape index (κ3) is 1.83. The van der Waals surface area contributed by atoms with Crippen LogP contribution in [0.3, 0.4) is 0 Å². The normalized spacial score (nSPS) is 19.1. The largest absolute Gasteiger partial charge is 0.308 e. The summed E-state index contributed by atoms with van der Waals surface area (Å²) in [6.45, 7) is 3.94. The quantitative estimate of drug-likeness (QED) is 0.842. The molecule has 17 heavy (non-hydrogen) atoms. The van der Waals surface area contributed by atoms with Crippen LogP contribution in [0.15, 0.2) is 24.3 Å². The number of benzene rings is 1. The second kappa shape index (κ2) is 4.13. The maximum Gasteiger partial charge on any atom is 0.164 e. The Balaban J connectivity index is 2.10. The van der Waals surface area contributed by atoms with E-state index in [1.165, 1.54) is 0 Å². The summed E-state index contributed by atoms with van der Waals surface area (Å²) >= 11 is 6.00. The maximum absolute atomic E-state index is 6.00. The Labute approximate surface area is 105 Å². The highest BCUT2D eigenvalue weighted by Gasteiger charge is 2.21. The zero-order valence-corrected chi connectivity index (χ0v) is 10.3. The van der Waals surface area contributed by atoms with Gasteiger partial charge in [-0.25, -0.2) is 0 Å². The molecule has 1 aromatic heterocycles. The topological polar surface area (TPSA) is 42.7 Å². The van der Waals surface area contributed by atoms with E-state index < -0.39 is 0 Å². The van der Waals surface area contributed by atoms with Crippen LogP contribution in [0.2, 0.25) is 5.02 Å². The van der Waals surface area contributed by atoms with Crippen LogP contribution in [0, 0.1) is 0 Å². The molecule has 0 saturated heterocycles. The van der Waals surface area contributed by atoms with Gasteiger partial charge < -0.3 is 9.88 Å². The lowest BCUT2D eigenvalue weighted by Gasteiger charge is -2.21. The summed E-state index contributed by atoms with van der Waals surface area (Å²) < 4.78 is 2.16. The third-order valence-electron chi connectivity index (χ3n) is 3.04. The van der Waals surface area contributed by atoms with Crippen molar-refractivity contribution in [3.63, 3.8) is 0 Å². The summed E-state index contributed by atoms with van der Waals surface area (Å²) in [6.07, 6.45) is 0. The van der Waals surface area contributed by atoms with Gasteiger partial charge in [-0.1, -0.05) is 23.7 Å². The molecule has 2 heterocycles. The number of rotatable bonds is 1. The lowest BCUT2D eigenvalue weighted by atomic mass is 10.2. The summed E-state index contributed by atoms with van der Waals surface area (Å²) in [5.74, 6) is 1.89. The van der Waals surface area contributed by atoms with Gasteiger partial charge in [0.1, 0.15) is 5.82 Å². The van der Waals surface area contributed by atoms with E-state index in [-0.39, 0.29) is 6.04 Å². The minimum absolute atomic E-state index is 0.254. The fraction of sp³-hybridized carbons (Fsp3) is 0.333. The molecular weight excluding hydrogens is 236 g/mol. The van der Waals surface area contributed by atoms with Crippen LogP contribution in [0.1, 0.15) is 18.8 Å². The first-order chi connectivity index (χ1) is 8.25.